The normalized spacial score (nSPS) is 12.6. The topological polar surface area (TPSA) is 58.2 Å². The quantitative estimate of drug-likeness (QED) is 0.396. The van der Waals surface area contributed by atoms with Crippen LogP contribution in [0.3, 0.4) is 0 Å². The number of carbonyl (C=O) groups excluding carboxylic acids is 2. The van der Waals surface area contributed by atoms with Crippen molar-refractivity contribution < 1.29 is 9.59 Å². The first-order chi connectivity index (χ1) is 15.1. The molecule has 2 amide bonds. The second kappa shape index (κ2) is 9.58. The fourth-order valence-electron chi connectivity index (χ4n) is 3.84. The van der Waals surface area contributed by atoms with E-state index in [0.717, 1.165) is 17.9 Å². The summed E-state index contributed by atoms with van der Waals surface area (Å²) >= 11 is 7.77. The average molecular weight is 451 g/mol. The van der Waals surface area contributed by atoms with Crippen molar-refractivity contribution in [3.05, 3.63) is 88.4 Å². The van der Waals surface area contributed by atoms with Crippen LogP contribution >= 0.6 is 23.4 Å². The van der Waals surface area contributed by atoms with Gasteiger partial charge < -0.3 is 10.6 Å². The molecule has 4 nitrogen and oxygen atoms in total. The molecule has 0 heterocycles. The number of fused-ring (bicyclic) bond motifs is 3. The van der Waals surface area contributed by atoms with Gasteiger partial charge in [0.2, 0.25) is 5.91 Å². The molecule has 0 spiro atoms. The summed E-state index contributed by atoms with van der Waals surface area (Å²) in [5.41, 5.74) is 6.05. The van der Waals surface area contributed by atoms with Crippen molar-refractivity contribution in [1.82, 2.24) is 5.32 Å². The van der Waals surface area contributed by atoms with Crippen molar-refractivity contribution in [2.45, 2.75) is 18.9 Å². The minimum Gasteiger partial charge on any atom is -0.340 e. The van der Waals surface area contributed by atoms with E-state index in [1.165, 1.54) is 22.3 Å². The Hall–Kier alpha value is -2.76. The van der Waals surface area contributed by atoms with Gasteiger partial charge in [0.15, 0.2) is 0 Å². The number of nitrogens with one attached hydrogen (secondary N) is 2. The lowest BCUT2D eigenvalue weighted by molar-refractivity contribution is -0.118. The molecular weight excluding hydrogens is 428 g/mol. The highest BCUT2D eigenvalue weighted by atomic mass is 35.5. The Bertz CT molecular complexity index is 1130. The molecule has 1 aliphatic rings. The van der Waals surface area contributed by atoms with Crippen LogP contribution in [0.1, 0.15) is 27.9 Å². The molecule has 1 atom stereocenters. The van der Waals surface area contributed by atoms with Crippen LogP contribution in [-0.2, 0) is 11.2 Å². The van der Waals surface area contributed by atoms with Gasteiger partial charge in [0, 0.05) is 5.69 Å². The Morgan fingerprint density at radius 1 is 1.00 bits per heavy atom. The zero-order chi connectivity index (χ0) is 21.8. The van der Waals surface area contributed by atoms with E-state index in [-0.39, 0.29) is 11.8 Å². The Kier molecular flexibility index (Phi) is 6.64. The van der Waals surface area contributed by atoms with Crippen LogP contribution in [0, 0.1) is 0 Å². The lowest BCUT2D eigenvalue weighted by Crippen LogP contribution is -2.44. The van der Waals surface area contributed by atoms with Crippen LogP contribution in [0.15, 0.2) is 66.7 Å². The largest absolute Gasteiger partial charge is 0.340 e. The number of benzene rings is 3. The molecular formula is C25H23ClN2O2S. The number of anilines is 1. The third-order valence-electron chi connectivity index (χ3n) is 5.41. The molecule has 1 unspecified atom stereocenters. The second-order valence-corrected chi connectivity index (χ2v) is 8.88. The van der Waals surface area contributed by atoms with Gasteiger partial charge in [-0.15, -0.1) is 0 Å². The number of amides is 2. The molecule has 31 heavy (non-hydrogen) atoms. The smallest absolute Gasteiger partial charge is 0.253 e. The van der Waals surface area contributed by atoms with Crippen molar-refractivity contribution in [2.24, 2.45) is 0 Å². The van der Waals surface area contributed by atoms with Crippen molar-refractivity contribution in [2.75, 3.05) is 17.3 Å². The van der Waals surface area contributed by atoms with Crippen LogP contribution in [0.25, 0.3) is 11.1 Å². The number of hydrogen-bond donors (Lipinski definition) is 2. The number of carbonyl (C=O) groups is 2. The Morgan fingerprint density at radius 2 is 1.74 bits per heavy atom. The van der Waals surface area contributed by atoms with Crippen LogP contribution in [-0.4, -0.2) is 29.9 Å². The fraction of sp³-hybridized carbons (Fsp3) is 0.200. The van der Waals surface area contributed by atoms with Gasteiger partial charge in [-0.3, -0.25) is 9.59 Å². The zero-order valence-corrected chi connectivity index (χ0v) is 18.7. The summed E-state index contributed by atoms with van der Waals surface area (Å²) in [5, 5.41) is 6.19. The summed E-state index contributed by atoms with van der Waals surface area (Å²) in [4.78, 5) is 25.7. The summed E-state index contributed by atoms with van der Waals surface area (Å²) in [7, 11) is 0. The number of hydrogen-bond acceptors (Lipinski definition) is 3. The lowest BCUT2D eigenvalue weighted by atomic mass is 10.1. The molecule has 0 aliphatic heterocycles. The minimum absolute atomic E-state index is 0.232. The maximum atomic E-state index is 13.0. The molecule has 0 radical (unpaired) electrons. The highest BCUT2D eigenvalue weighted by Crippen LogP contribution is 2.37. The fourth-order valence-corrected chi connectivity index (χ4v) is 4.53. The van der Waals surface area contributed by atoms with Gasteiger partial charge in [0.1, 0.15) is 6.04 Å². The molecule has 3 aromatic carbocycles. The summed E-state index contributed by atoms with van der Waals surface area (Å²) in [6.45, 7) is 0. The molecule has 4 rings (SSSR count). The summed E-state index contributed by atoms with van der Waals surface area (Å²) in [5.74, 6) is 0.168. The Labute approximate surface area is 191 Å². The van der Waals surface area contributed by atoms with Crippen LogP contribution < -0.4 is 10.6 Å². The van der Waals surface area contributed by atoms with Crippen molar-refractivity contribution in [1.29, 1.82) is 0 Å². The molecule has 2 N–H and O–H groups in total. The molecule has 1 aliphatic carbocycles. The van der Waals surface area contributed by atoms with E-state index in [0.29, 0.717) is 17.0 Å². The first-order valence-electron chi connectivity index (χ1n) is 10.1. The van der Waals surface area contributed by atoms with Gasteiger partial charge in [-0.05, 0) is 71.4 Å². The van der Waals surface area contributed by atoms with Crippen LogP contribution in [0.4, 0.5) is 5.69 Å². The zero-order valence-electron chi connectivity index (χ0n) is 17.2. The molecule has 0 aromatic heterocycles. The summed E-state index contributed by atoms with van der Waals surface area (Å²) in [6.07, 6.45) is 3.36. The Balaban J connectivity index is 1.49. The number of thioether (sulfide) groups is 1. The molecule has 3 aromatic rings. The first-order valence-corrected chi connectivity index (χ1v) is 11.9. The van der Waals surface area contributed by atoms with Gasteiger partial charge >= 0.3 is 0 Å². The van der Waals surface area contributed by atoms with Gasteiger partial charge in [-0.25, -0.2) is 0 Å². The van der Waals surface area contributed by atoms with E-state index >= 15 is 0 Å². The third-order valence-corrected chi connectivity index (χ3v) is 6.39. The van der Waals surface area contributed by atoms with Gasteiger partial charge in [0.05, 0.1) is 10.6 Å². The SMILES string of the molecule is CSCCC(NC(=O)c1ccccc1Cl)C(=O)Nc1ccc2c(c1)Cc1ccccc1-2. The van der Waals surface area contributed by atoms with E-state index in [4.69, 9.17) is 11.6 Å². The highest BCUT2D eigenvalue weighted by Gasteiger charge is 2.23. The molecule has 0 saturated heterocycles. The average Bonchev–Trinajstić information content (AvgIpc) is 3.14. The van der Waals surface area contributed by atoms with E-state index in [2.05, 4.69) is 28.8 Å². The maximum Gasteiger partial charge on any atom is 0.253 e. The predicted octanol–water partition coefficient (Wildman–Crippen LogP) is 5.40. The maximum absolute atomic E-state index is 13.0. The minimum atomic E-state index is -0.651. The van der Waals surface area contributed by atoms with E-state index in [1.807, 2.05) is 30.5 Å². The van der Waals surface area contributed by atoms with Crippen molar-refractivity contribution in [3.8, 4) is 11.1 Å². The van der Waals surface area contributed by atoms with Crippen molar-refractivity contribution in [3.63, 3.8) is 0 Å². The van der Waals surface area contributed by atoms with E-state index in [9.17, 15) is 9.59 Å². The van der Waals surface area contributed by atoms with Crippen molar-refractivity contribution >= 4 is 40.9 Å². The second-order valence-electron chi connectivity index (χ2n) is 7.48. The van der Waals surface area contributed by atoms with Gasteiger partial charge in [0.25, 0.3) is 5.91 Å². The lowest BCUT2D eigenvalue weighted by Gasteiger charge is -2.19. The molecule has 0 fully saturated rings. The molecule has 6 heteroatoms. The van der Waals surface area contributed by atoms with Crippen LogP contribution in [0.2, 0.25) is 5.02 Å². The summed E-state index contributed by atoms with van der Waals surface area (Å²) in [6, 6.07) is 20.5. The van der Waals surface area contributed by atoms with Gasteiger partial charge in [-0.1, -0.05) is 54.1 Å². The number of rotatable bonds is 7. The van der Waals surface area contributed by atoms with Crippen LogP contribution in [0.5, 0.6) is 0 Å². The predicted molar refractivity (Wildman–Crippen MR) is 129 cm³/mol. The van der Waals surface area contributed by atoms with Gasteiger partial charge in [-0.2, -0.15) is 11.8 Å². The first kappa shape index (κ1) is 21.5. The van der Waals surface area contributed by atoms with E-state index in [1.54, 1.807) is 36.0 Å². The molecule has 158 valence electrons. The standard InChI is InChI=1S/C25H23ClN2O2S/c1-31-13-12-23(28-24(29)21-8-4-5-9-22(21)26)25(30)27-18-10-11-20-17(15-18)14-16-6-2-3-7-19(16)20/h2-11,15,23H,12-14H2,1H3,(H,27,30)(H,28,29). The molecule has 0 saturated carbocycles. The highest BCUT2D eigenvalue weighted by molar-refractivity contribution is 7.98. The third kappa shape index (κ3) is 4.78. The van der Waals surface area contributed by atoms with E-state index < -0.39 is 6.04 Å². The monoisotopic (exact) mass is 450 g/mol. The molecule has 0 bridgehead atoms. The number of halogens is 1. The Morgan fingerprint density at radius 3 is 2.55 bits per heavy atom. The summed E-state index contributed by atoms with van der Waals surface area (Å²) < 4.78 is 0.